The lowest BCUT2D eigenvalue weighted by atomic mass is 9.89. The van der Waals surface area contributed by atoms with Crippen LogP contribution in [0.25, 0.3) is 33.1 Å². The molecule has 1 aromatic heterocycles. The van der Waals surface area contributed by atoms with Crippen LogP contribution in [0.1, 0.15) is 34.3 Å². The molecular formula is C31H27ClF6N2O7. The molecule has 0 N–H and O–H groups in total. The SMILES string of the molecule is COC(=O)c1ccccc1-c1c2cc3c(cc2[o+]c2cc4c(cc12)CCCN4CC(F)(F)F)N(CC(F)(F)F)CCC3.[O-][Cl+3]([O-])([O-])[O-]. The number of nitrogens with zero attached hydrogens (tertiary/aromatic N) is 2. The zero-order valence-electron chi connectivity index (χ0n) is 24.7. The largest absolute Gasteiger partial charge is 0.465 e. The van der Waals surface area contributed by atoms with Gasteiger partial charge in [0.05, 0.1) is 35.6 Å². The van der Waals surface area contributed by atoms with Crippen molar-refractivity contribution in [1.29, 1.82) is 0 Å². The molecule has 0 bridgehead atoms. The van der Waals surface area contributed by atoms with Crippen molar-refractivity contribution in [2.24, 2.45) is 0 Å². The first-order valence-electron chi connectivity index (χ1n) is 14.2. The first kappa shape index (κ1) is 34.4. The second-order valence-electron chi connectivity index (χ2n) is 11.1. The second-order valence-corrected chi connectivity index (χ2v) is 11.9. The molecule has 2 aliphatic rings. The van der Waals surface area contributed by atoms with Crippen LogP contribution < -0.4 is 28.4 Å². The zero-order chi connectivity index (χ0) is 34.3. The van der Waals surface area contributed by atoms with E-state index in [9.17, 15) is 31.1 Å². The first-order chi connectivity index (χ1) is 21.9. The van der Waals surface area contributed by atoms with E-state index in [0.717, 1.165) is 11.1 Å². The van der Waals surface area contributed by atoms with Crippen molar-refractivity contribution in [2.45, 2.75) is 38.0 Å². The number of esters is 1. The Morgan fingerprint density at radius 3 is 1.68 bits per heavy atom. The van der Waals surface area contributed by atoms with Crippen molar-refractivity contribution in [1.82, 2.24) is 0 Å². The summed E-state index contributed by atoms with van der Waals surface area (Å²) in [6, 6.07) is 13.6. The highest BCUT2D eigenvalue weighted by Crippen LogP contribution is 2.44. The van der Waals surface area contributed by atoms with Crippen molar-refractivity contribution >= 4 is 39.3 Å². The fraction of sp³-hybridized carbons (Fsp3) is 0.355. The third kappa shape index (κ3) is 8.16. The molecule has 0 saturated carbocycles. The van der Waals surface area contributed by atoms with Gasteiger partial charge in [-0.05, 0) is 60.6 Å². The molecule has 0 saturated heterocycles. The van der Waals surface area contributed by atoms with E-state index in [-0.39, 0.29) is 29.8 Å². The van der Waals surface area contributed by atoms with Gasteiger partial charge in [0.15, 0.2) is 0 Å². The zero-order valence-corrected chi connectivity index (χ0v) is 25.4. The predicted octanol–water partition coefficient (Wildman–Crippen LogP) is 3.19. The molecule has 0 amide bonds. The van der Waals surface area contributed by atoms with Gasteiger partial charge in [-0.3, -0.25) is 0 Å². The fourth-order valence-electron chi connectivity index (χ4n) is 6.24. The molecule has 2 aliphatic heterocycles. The Bertz CT molecular complexity index is 1710. The van der Waals surface area contributed by atoms with Gasteiger partial charge in [0.2, 0.25) is 0 Å². The van der Waals surface area contributed by atoms with Gasteiger partial charge in [-0.25, -0.2) is 27.8 Å². The van der Waals surface area contributed by atoms with Gasteiger partial charge in [-0.2, -0.15) is 26.3 Å². The summed E-state index contributed by atoms with van der Waals surface area (Å²) in [5.74, 6) is -0.573. The number of methoxy groups -OCH3 is 1. The van der Waals surface area contributed by atoms with Gasteiger partial charge in [0.1, 0.15) is 13.1 Å². The molecular weight excluding hydrogens is 662 g/mol. The number of benzene rings is 3. The molecule has 0 atom stereocenters. The summed E-state index contributed by atoms with van der Waals surface area (Å²) in [6.45, 7) is -1.78. The van der Waals surface area contributed by atoms with Gasteiger partial charge in [-0.15, -0.1) is 10.2 Å². The lowest BCUT2D eigenvalue weighted by molar-refractivity contribution is -2.00. The van der Waals surface area contributed by atoms with E-state index in [0.29, 0.717) is 59.0 Å². The van der Waals surface area contributed by atoms with Crippen molar-refractivity contribution in [3.63, 3.8) is 0 Å². The third-order valence-corrected chi connectivity index (χ3v) is 7.89. The Balaban J connectivity index is 0.000000807. The van der Waals surface area contributed by atoms with E-state index in [4.69, 9.17) is 27.8 Å². The highest BCUT2D eigenvalue weighted by atomic mass is 35.7. The summed E-state index contributed by atoms with van der Waals surface area (Å²) in [5, 5.41) is 1.18. The van der Waals surface area contributed by atoms with Gasteiger partial charge in [0, 0.05) is 30.0 Å². The van der Waals surface area contributed by atoms with E-state index in [1.54, 1.807) is 36.4 Å². The monoisotopic (exact) mass is 688 g/mol. The van der Waals surface area contributed by atoms with Gasteiger partial charge in [0.25, 0.3) is 0 Å². The fourth-order valence-corrected chi connectivity index (χ4v) is 6.24. The highest BCUT2D eigenvalue weighted by Gasteiger charge is 2.36. The van der Waals surface area contributed by atoms with Gasteiger partial charge < -0.3 is 14.5 Å². The minimum absolute atomic E-state index is 0.226. The standard InChI is InChI=1S/C31H27F6N2O3.ClHO4/c1-41-29(40)21-9-3-2-8-20(21)28-22-12-18-6-4-10-38(16-30(32,33)34)24(18)14-26(22)42-27-15-25-19(13-23(27)28)7-5-11-39(25)17-31(35,36)37;2-1(3,4)5/h2-3,8-9,12-15H,4-7,10-11,16-17H2,1H3;(H,2,3,4,5)/q+1;/p-1. The van der Waals surface area contributed by atoms with E-state index in [2.05, 4.69) is 0 Å². The molecule has 0 aliphatic carbocycles. The number of halogens is 7. The van der Waals surface area contributed by atoms with Crippen molar-refractivity contribution in [3.8, 4) is 11.1 Å². The molecule has 9 nitrogen and oxygen atoms in total. The van der Waals surface area contributed by atoms with Crippen molar-refractivity contribution < 1.29 is 69.2 Å². The number of alkyl halides is 6. The van der Waals surface area contributed by atoms with Crippen molar-refractivity contribution in [3.05, 3.63) is 65.2 Å². The Morgan fingerprint density at radius 2 is 1.26 bits per heavy atom. The number of hydrogen-bond donors (Lipinski definition) is 0. The summed E-state index contributed by atoms with van der Waals surface area (Å²) in [4.78, 5) is 15.4. The van der Waals surface area contributed by atoms with Crippen LogP contribution in [0, 0.1) is 10.2 Å². The Kier molecular flexibility index (Phi) is 9.50. The molecule has 0 fully saturated rings. The maximum absolute atomic E-state index is 13.4. The molecule has 0 spiro atoms. The molecule has 3 heterocycles. The molecule has 0 unspecified atom stereocenters. The van der Waals surface area contributed by atoms with E-state index in [1.165, 1.54) is 16.9 Å². The molecule has 16 heteroatoms. The van der Waals surface area contributed by atoms with E-state index in [1.807, 2.05) is 12.1 Å². The number of hydrogen-bond acceptors (Lipinski definition) is 8. The molecule has 252 valence electrons. The molecule has 6 rings (SSSR count). The molecule has 3 aromatic carbocycles. The number of fused-ring (bicyclic) bond motifs is 4. The predicted molar refractivity (Wildman–Crippen MR) is 148 cm³/mol. The van der Waals surface area contributed by atoms with Gasteiger partial charge >= 0.3 is 29.5 Å². The van der Waals surface area contributed by atoms with Crippen LogP contribution in [0.15, 0.2) is 52.9 Å². The van der Waals surface area contributed by atoms with E-state index >= 15 is 0 Å². The van der Waals surface area contributed by atoms with Crippen LogP contribution >= 0.6 is 0 Å². The number of anilines is 2. The smallest absolute Gasteiger partial charge is 0.405 e. The van der Waals surface area contributed by atoms with Gasteiger partial charge in [-0.1, -0.05) is 18.2 Å². The minimum atomic E-state index is -4.94. The maximum Gasteiger partial charge on any atom is 0.405 e. The second kappa shape index (κ2) is 13.0. The highest BCUT2D eigenvalue weighted by molar-refractivity contribution is 6.13. The molecule has 4 aromatic rings. The summed E-state index contributed by atoms with van der Waals surface area (Å²) in [6.07, 6.45) is -6.62. The Labute approximate surface area is 265 Å². The summed E-state index contributed by atoms with van der Waals surface area (Å²) >= 11 is 0. The Morgan fingerprint density at radius 1 is 0.809 bits per heavy atom. The van der Waals surface area contributed by atoms with Crippen LogP contribution in [-0.4, -0.2) is 51.6 Å². The summed E-state index contributed by atoms with van der Waals surface area (Å²) in [7, 11) is -3.67. The normalized spacial score (nSPS) is 15.2. The number of ether oxygens (including phenoxy) is 1. The van der Waals surface area contributed by atoms with Crippen LogP contribution in [0.2, 0.25) is 0 Å². The quantitative estimate of drug-likeness (QED) is 0.137. The molecule has 0 radical (unpaired) electrons. The number of carbonyl (C=O) groups excluding carboxylic acids is 1. The maximum atomic E-state index is 13.4. The summed E-state index contributed by atoms with van der Waals surface area (Å²) in [5.41, 5.74) is 4.20. The van der Waals surface area contributed by atoms with Crippen molar-refractivity contribution in [2.75, 3.05) is 43.1 Å². The lowest BCUT2D eigenvalue weighted by Gasteiger charge is -2.32. The van der Waals surface area contributed by atoms with Crippen LogP contribution in [0.5, 0.6) is 0 Å². The van der Waals surface area contributed by atoms with Crippen LogP contribution in [0.3, 0.4) is 0 Å². The first-order valence-corrected chi connectivity index (χ1v) is 15.5. The average molecular weight is 689 g/mol. The minimum Gasteiger partial charge on any atom is -0.465 e. The number of carbonyl (C=O) groups is 1. The van der Waals surface area contributed by atoms with Crippen LogP contribution in [0.4, 0.5) is 37.7 Å². The van der Waals surface area contributed by atoms with E-state index < -0.39 is 41.7 Å². The summed E-state index contributed by atoms with van der Waals surface area (Å²) < 4.78 is 126. The number of rotatable bonds is 4. The number of aryl methyl sites for hydroxylation is 2. The lowest BCUT2D eigenvalue weighted by Crippen LogP contribution is -2.68. The topological polar surface area (TPSA) is 136 Å². The molecule has 47 heavy (non-hydrogen) atoms. The average Bonchev–Trinajstić information content (AvgIpc) is 2.96. The third-order valence-electron chi connectivity index (χ3n) is 7.89. The van der Waals surface area contributed by atoms with Crippen LogP contribution in [-0.2, 0) is 17.6 Å². The Hall–Kier alpha value is -3.89.